The number of hydrogen-bond acceptors (Lipinski definition) is 2. The maximum Gasteiger partial charge on any atom is 0.224 e. The standard InChI is InChI=1S/C19H24N2O/c1-2-19-10-5-12-21-13-9-15(18(19)21)14-6-3-4-7-16(14)20-17(22)8-11-19/h3-4,6-7,9,18H,2,5,8,10-13H2,1H3,(H,20,22)/t18-,19+/m0/s1. The van der Waals surface area contributed by atoms with Gasteiger partial charge in [0, 0.05) is 30.3 Å². The van der Waals surface area contributed by atoms with Crippen LogP contribution in [0, 0.1) is 5.41 Å². The normalized spacial score (nSPS) is 31.2. The molecule has 0 aliphatic carbocycles. The first-order valence-electron chi connectivity index (χ1n) is 8.57. The van der Waals surface area contributed by atoms with Gasteiger partial charge in [-0.3, -0.25) is 9.69 Å². The van der Waals surface area contributed by atoms with Gasteiger partial charge in [0.2, 0.25) is 5.91 Å². The van der Waals surface area contributed by atoms with E-state index in [1.807, 2.05) is 12.1 Å². The number of anilines is 1. The maximum absolute atomic E-state index is 12.3. The lowest BCUT2D eigenvalue weighted by molar-refractivity contribution is -0.117. The first kappa shape index (κ1) is 14.0. The van der Waals surface area contributed by atoms with E-state index in [9.17, 15) is 4.79 Å². The van der Waals surface area contributed by atoms with Gasteiger partial charge in [-0.2, -0.15) is 0 Å². The molecule has 0 unspecified atom stereocenters. The molecule has 0 saturated carbocycles. The highest BCUT2D eigenvalue weighted by Gasteiger charge is 2.47. The van der Waals surface area contributed by atoms with Crippen LogP contribution in [0.2, 0.25) is 0 Å². The lowest BCUT2D eigenvalue weighted by atomic mass is 9.66. The van der Waals surface area contributed by atoms with Crippen LogP contribution in [0.15, 0.2) is 30.3 Å². The number of carbonyl (C=O) groups excluding carboxylic acids is 1. The second kappa shape index (κ2) is 5.24. The number of piperidine rings is 1. The topological polar surface area (TPSA) is 32.3 Å². The molecule has 116 valence electrons. The van der Waals surface area contributed by atoms with Crippen molar-refractivity contribution in [2.75, 3.05) is 18.4 Å². The number of benzene rings is 1. The minimum Gasteiger partial charge on any atom is -0.326 e. The number of carbonyl (C=O) groups is 1. The number of amides is 1. The second-order valence-electron chi connectivity index (χ2n) is 6.97. The monoisotopic (exact) mass is 296 g/mol. The lowest BCUT2D eigenvalue weighted by Crippen LogP contribution is -2.50. The van der Waals surface area contributed by atoms with Crippen molar-refractivity contribution < 1.29 is 4.79 Å². The van der Waals surface area contributed by atoms with Gasteiger partial charge < -0.3 is 5.32 Å². The molecular formula is C19H24N2O. The zero-order valence-corrected chi connectivity index (χ0v) is 13.3. The Hall–Kier alpha value is -1.61. The van der Waals surface area contributed by atoms with Crippen LogP contribution in [0.3, 0.4) is 0 Å². The van der Waals surface area contributed by atoms with E-state index in [0.717, 1.165) is 25.1 Å². The minimum atomic E-state index is 0.165. The van der Waals surface area contributed by atoms with Crippen molar-refractivity contribution in [3.8, 4) is 0 Å². The molecule has 1 fully saturated rings. The van der Waals surface area contributed by atoms with E-state index in [1.165, 1.54) is 30.5 Å². The lowest BCUT2D eigenvalue weighted by Gasteiger charge is -2.48. The molecule has 22 heavy (non-hydrogen) atoms. The largest absolute Gasteiger partial charge is 0.326 e. The Labute approximate surface area is 132 Å². The third-order valence-electron chi connectivity index (χ3n) is 5.97. The Kier molecular flexibility index (Phi) is 3.33. The maximum atomic E-state index is 12.3. The van der Waals surface area contributed by atoms with Crippen molar-refractivity contribution in [2.45, 2.75) is 45.1 Å². The first-order chi connectivity index (χ1) is 10.7. The predicted molar refractivity (Wildman–Crippen MR) is 89.6 cm³/mol. The molecule has 0 spiro atoms. The fourth-order valence-electron chi connectivity index (χ4n) is 4.82. The molecule has 1 saturated heterocycles. The van der Waals surface area contributed by atoms with Crippen LogP contribution in [0.1, 0.15) is 44.6 Å². The summed E-state index contributed by atoms with van der Waals surface area (Å²) in [4.78, 5) is 15.0. The highest BCUT2D eigenvalue weighted by atomic mass is 16.1. The smallest absolute Gasteiger partial charge is 0.224 e. The molecule has 0 aromatic heterocycles. The Morgan fingerprint density at radius 1 is 1.32 bits per heavy atom. The van der Waals surface area contributed by atoms with Gasteiger partial charge in [-0.25, -0.2) is 0 Å². The first-order valence-corrected chi connectivity index (χ1v) is 8.57. The molecule has 2 atom stereocenters. The van der Waals surface area contributed by atoms with E-state index in [4.69, 9.17) is 0 Å². The number of nitrogens with one attached hydrogen (secondary N) is 1. The highest BCUT2D eigenvalue weighted by Crippen LogP contribution is 2.51. The number of fused-ring (bicyclic) bond motifs is 2. The van der Waals surface area contributed by atoms with Crippen molar-refractivity contribution in [3.05, 3.63) is 35.9 Å². The molecule has 3 heteroatoms. The van der Waals surface area contributed by atoms with Crippen LogP contribution in [0.4, 0.5) is 5.69 Å². The fourth-order valence-corrected chi connectivity index (χ4v) is 4.82. The third-order valence-corrected chi connectivity index (χ3v) is 5.97. The van der Waals surface area contributed by atoms with Gasteiger partial charge in [0.15, 0.2) is 0 Å². The summed E-state index contributed by atoms with van der Waals surface area (Å²) >= 11 is 0. The van der Waals surface area contributed by atoms with Crippen molar-refractivity contribution in [1.82, 2.24) is 4.90 Å². The van der Waals surface area contributed by atoms with E-state index < -0.39 is 0 Å². The molecule has 3 aliphatic heterocycles. The summed E-state index contributed by atoms with van der Waals surface area (Å²) in [6.07, 6.45) is 7.70. The van der Waals surface area contributed by atoms with Crippen molar-refractivity contribution in [1.29, 1.82) is 0 Å². The highest BCUT2D eigenvalue weighted by molar-refractivity contribution is 5.95. The van der Waals surface area contributed by atoms with Crippen LogP contribution >= 0.6 is 0 Å². The van der Waals surface area contributed by atoms with Gasteiger partial charge >= 0.3 is 0 Å². The molecule has 1 amide bonds. The van der Waals surface area contributed by atoms with E-state index >= 15 is 0 Å². The summed E-state index contributed by atoms with van der Waals surface area (Å²) in [5.41, 5.74) is 3.91. The van der Waals surface area contributed by atoms with Crippen molar-refractivity contribution >= 4 is 17.2 Å². The molecule has 0 radical (unpaired) electrons. The van der Waals surface area contributed by atoms with Gasteiger partial charge in [-0.15, -0.1) is 0 Å². The van der Waals surface area contributed by atoms with E-state index in [0.29, 0.717) is 12.5 Å². The van der Waals surface area contributed by atoms with Gasteiger partial charge in [0.05, 0.1) is 0 Å². The summed E-state index contributed by atoms with van der Waals surface area (Å²) < 4.78 is 0. The molecule has 1 aromatic rings. The average molecular weight is 296 g/mol. The van der Waals surface area contributed by atoms with E-state index in [1.54, 1.807) is 0 Å². The molecule has 3 nitrogen and oxygen atoms in total. The van der Waals surface area contributed by atoms with E-state index in [-0.39, 0.29) is 11.3 Å². The second-order valence-corrected chi connectivity index (χ2v) is 6.97. The van der Waals surface area contributed by atoms with Crippen LogP contribution in [-0.4, -0.2) is 29.9 Å². The molecular weight excluding hydrogens is 272 g/mol. The van der Waals surface area contributed by atoms with Crippen LogP contribution in [0.5, 0.6) is 0 Å². The van der Waals surface area contributed by atoms with Crippen molar-refractivity contribution in [3.63, 3.8) is 0 Å². The fraction of sp³-hybridized carbons (Fsp3) is 0.526. The molecule has 3 aliphatic rings. The van der Waals surface area contributed by atoms with Gasteiger partial charge in [0.1, 0.15) is 0 Å². The summed E-state index contributed by atoms with van der Waals surface area (Å²) in [6.45, 7) is 4.56. The van der Waals surface area contributed by atoms with Crippen LogP contribution in [-0.2, 0) is 4.79 Å². The predicted octanol–water partition coefficient (Wildman–Crippen LogP) is 3.68. The Morgan fingerprint density at radius 2 is 2.18 bits per heavy atom. The Bertz CT molecular complexity index is 636. The summed E-state index contributed by atoms with van der Waals surface area (Å²) in [5.74, 6) is 0.165. The quantitative estimate of drug-likeness (QED) is 0.857. The van der Waals surface area contributed by atoms with Gasteiger partial charge in [0.25, 0.3) is 0 Å². The van der Waals surface area contributed by atoms with Crippen molar-refractivity contribution in [2.24, 2.45) is 5.41 Å². The molecule has 1 aromatic carbocycles. The zero-order chi connectivity index (χ0) is 15.2. The summed E-state index contributed by atoms with van der Waals surface area (Å²) in [7, 11) is 0. The zero-order valence-electron chi connectivity index (χ0n) is 13.3. The molecule has 0 bridgehead atoms. The third kappa shape index (κ3) is 2.03. The molecule has 4 rings (SSSR count). The Morgan fingerprint density at radius 3 is 3.05 bits per heavy atom. The summed E-state index contributed by atoms with van der Waals surface area (Å²) in [5, 5.41) is 3.14. The average Bonchev–Trinajstić information content (AvgIpc) is 2.99. The SMILES string of the molecule is CC[C@@]12CCCN3CC=C(c4ccccc4NC(=O)CC1)[C@H]32. The number of nitrogens with zero attached hydrogens (tertiary/aromatic N) is 1. The number of rotatable bonds is 1. The van der Waals surface area contributed by atoms with Crippen LogP contribution in [0.25, 0.3) is 5.57 Å². The number of hydrogen-bond donors (Lipinski definition) is 1. The summed E-state index contributed by atoms with van der Waals surface area (Å²) in [6, 6.07) is 8.80. The van der Waals surface area contributed by atoms with Gasteiger partial charge in [-0.05, 0) is 49.3 Å². The molecule has 3 heterocycles. The minimum absolute atomic E-state index is 0.165. The Balaban J connectivity index is 1.87. The molecule has 1 N–H and O–H groups in total. The van der Waals surface area contributed by atoms with Crippen LogP contribution < -0.4 is 5.32 Å². The van der Waals surface area contributed by atoms with E-state index in [2.05, 4.69) is 35.3 Å². The van der Waals surface area contributed by atoms with Gasteiger partial charge in [-0.1, -0.05) is 31.2 Å². The number of para-hydroxylation sites is 1.